The van der Waals surface area contributed by atoms with Crippen LogP contribution >= 0.6 is 0 Å². The van der Waals surface area contributed by atoms with Crippen molar-refractivity contribution in [1.82, 2.24) is 4.90 Å². The monoisotopic (exact) mass is 214 g/mol. The molecule has 1 aliphatic rings. The lowest BCUT2D eigenvalue weighted by molar-refractivity contribution is -0.135. The van der Waals surface area contributed by atoms with Crippen LogP contribution in [0.2, 0.25) is 0 Å². The molecule has 3 unspecified atom stereocenters. The highest BCUT2D eigenvalue weighted by atomic mass is 16.3. The van der Waals surface area contributed by atoms with E-state index < -0.39 is 6.04 Å². The average Bonchev–Trinajstić information content (AvgIpc) is 2.57. The summed E-state index contributed by atoms with van der Waals surface area (Å²) in [5.41, 5.74) is 5.83. The molecule has 4 nitrogen and oxygen atoms in total. The van der Waals surface area contributed by atoms with E-state index in [9.17, 15) is 9.90 Å². The van der Waals surface area contributed by atoms with Crippen LogP contribution in [0.3, 0.4) is 0 Å². The van der Waals surface area contributed by atoms with Crippen molar-refractivity contribution in [2.75, 3.05) is 13.2 Å². The van der Waals surface area contributed by atoms with Crippen molar-refractivity contribution in [3.05, 3.63) is 0 Å². The molecule has 0 aliphatic carbocycles. The lowest BCUT2D eigenvalue weighted by Crippen LogP contribution is -2.50. The van der Waals surface area contributed by atoms with Crippen molar-refractivity contribution < 1.29 is 9.90 Å². The molecule has 0 radical (unpaired) electrons. The largest absolute Gasteiger partial charge is 0.394 e. The molecule has 4 heteroatoms. The summed E-state index contributed by atoms with van der Waals surface area (Å²) < 4.78 is 0. The fourth-order valence-electron chi connectivity index (χ4n) is 2.04. The molecule has 15 heavy (non-hydrogen) atoms. The quantitative estimate of drug-likeness (QED) is 0.705. The summed E-state index contributed by atoms with van der Waals surface area (Å²) in [6.45, 7) is 6.71. The van der Waals surface area contributed by atoms with Crippen LogP contribution < -0.4 is 5.73 Å². The predicted octanol–water partition coefficient (Wildman–Crippen LogP) is 0.199. The normalized spacial score (nSPS) is 28.5. The van der Waals surface area contributed by atoms with Gasteiger partial charge in [-0.25, -0.2) is 0 Å². The van der Waals surface area contributed by atoms with E-state index in [1.807, 2.05) is 13.8 Å². The fraction of sp³-hybridized carbons (Fsp3) is 0.909. The summed E-state index contributed by atoms with van der Waals surface area (Å²) in [5, 5.41) is 9.24. The Kier molecular flexibility index (Phi) is 4.11. The maximum Gasteiger partial charge on any atom is 0.240 e. The molecular formula is C11H22N2O2. The molecule has 0 bridgehead atoms. The highest BCUT2D eigenvalue weighted by molar-refractivity contribution is 5.82. The highest BCUT2D eigenvalue weighted by Gasteiger charge is 2.36. The van der Waals surface area contributed by atoms with E-state index in [1.165, 1.54) is 0 Å². The molecule has 0 saturated carbocycles. The lowest BCUT2D eigenvalue weighted by atomic mass is 10.0. The van der Waals surface area contributed by atoms with Gasteiger partial charge in [0.1, 0.15) is 0 Å². The SMILES string of the molecule is CC(C)C(N)C(=O)N1CCC(C)C1CO. The Morgan fingerprint density at radius 1 is 1.60 bits per heavy atom. The number of aliphatic hydroxyl groups is 1. The number of carbonyl (C=O) groups excluding carboxylic acids is 1. The number of likely N-dealkylation sites (tertiary alicyclic amines) is 1. The first kappa shape index (κ1) is 12.5. The standard InChI is InChI=1S/C11H22N2O2/c1-7(2)10(12)11(15)13-5-4-8(3)9(13)6-14/h7-10,14H,4-6,12H2,1-3H3. The second kappa shape index (κ2) is 4.94. The zero-order chi connectivity index (χ0) is 11.6. The van der Waals surface area contributed by atoms with Gasteiger partial charge < -0.3 is 15.7 Å². The van der Waals surface area contributed by atoms with Crippen molar-refractivity contribution in [2.45, 2.75) is 39.3 Å². The second-order valence-electron chi connectivity index (χ2n) is 4.82. The third-order valence-electron chi connectivity index (χ3n) is 3.36. The molecule has 3 N–H and O–H groups in total. The number of rotatable bonds is 3. The molecule has 1 fully saturated rings. The first-order valence-corrected chi connectivity index (χ1v) is 5.66. The van der Waals surface area contributed by atoms with Gasteiger partial charge in [-0.05, 0) is 18.3 Å². The Morgan fingerprint density at radius 2 is 2.20 bits per heavy atom. The van der Waals surface area contributed by atoms with Crippen LogP contribution in [-0.4, -0.2) is 41.1 Å². The van der Waals surface area contributed by atoms with Crippen LogP contribution in [0.4, 0.5) is 0 Å². The number of aliphatic hydroxyl groups excluding tert-OH is 1. The third kappa shape index (κ3) is 2.49. The zero-order valence-corrected chi connectivity index (χ0v) is 9.81. The molecule has 1 amide bonds. The molecule has 1 heterocycles. The fourth-order valence-corrected chi connectivity index (χ4v) is 2.04. The number of hydrogen-bond donors (Lipinski definition) is 2. The third-order valence-corrected chi connectivity index (χ3v) is 3.36. The van der Waals surface area contributed by atoms with Gasteiger partial charge in [0.25, 0.3) is 0 Å². The Labute approximate surface area is 91.4 Å². The summed E-state index contributed by atoms with van der Waals surface area (Å²) in [7, 11) is 0. The van der Waals surface area contributed by atoms with E-state index in [-0.39, 0.29) is 24.5 Å². The molecule has 1 saturated heterocycles. The maximum atomic E-state index is 12.0. The Bertz CT molecular complexity index is 231. The minimum Gasteiger partial charge on any atom is -0.394 e. The number of nitrogens with zero attached hydrogens (tertiary/aromatic N) is 1. The van der Waals surface area contributed by atoms with E-state index in [1.54, 1.807) is 4.90 Å². The van der Waals surface area contributed by atoms with Gasteiger partial charge in [0.15, 0.2) is 0 Å². The summed E-state index contributed by atoms with van der Waals surface area (Å²) >= 11 is 0. The maximum absolute atomic E-state index is 12.0. The van der Waals surface area contributed by atoms with E-state index in [4.69, 9.17) is 5.73 Å². The van der Waals surface area contributed by atoms with Crippen LogP contribution in [0.15, 0.2) is 0 Å². The van der Waals surface area contributed by atoms with Gasteiger partial charge in [-0.3, -0.25) is 4.79 Å². The number of hydrogen-bond acceptors (Lipinski definition) is 3. The van der Waals surface area contributed by atoms with Gasteiger partial charge in [-0.1, -0.05) is 20.8 Å². The average molecular weight is 214 g/mol. The smallest absolute Gasteiger partial charge is 0.240 e. The van der Waals surface area contributed by atoms with E-state index in [2.05, 4.69) is 6.92 Å². The van der Waals surface area contributed by atoms with Gasteiger partial charge >= 0.3 is 0 Å². The van der Waals surface area contributed by atoms with Gasteiger partial charge in [0.05, 0.1) is 18.7 Å². The van der Waals surface area contributed by atoms with Crippen LogP contribution in [0.5, 0.6) is 0 Å². The molecule has 0 aromatic carbocycles. The topological polar surface area (TPSA) is 66.6 Å². The minimum atomic E-state index is -0.440. The molecule has 0 spiro atoms. The lowest BCUT2D eigenvalue weighted by Gasteiger charge is -2.29. The first-order chi connectivity index (χ1) is 6.99. The van der Waals surface area contributed by atoms with Crippen molar-refractivity contribution >= 4 is 5.91 Å². The predicted molar refractivity (Wildman–Crippen MR) is 59.2 cm³/mol. The molecule has 0 aromatic heterocycles. The summed E-state index contributed by atoms with van der Waals surface area (Å²) in [6, 6.07) is -0.480. The molecule has 1 aliphatic heterocycles. The molecular weight excluding hydrogens is 192 g/mol. The van der Waals surface area contributed by atoms with Crippen LogP contribution in [0, 0.1) is 11.8 Å². The van der Waals surface area contributed by atoms with E-state index in [0.29, 0.717) is 5.92 Å². The van der Waals surface area contributed by atoms with E-state index in [0.717, 1.165) is 13.0 Å². The number of nitrogens with two attached hydrogens (primary N) is 1. The summed E-state index contributed by atoms with van der Waals surface area (Å²) in [5.74, 6) is 0.500. The second-order valence-corrected chi connectivity index (χ2v) is 4.82. The van der Waals surface area contributed by atoms with Crippen LogP contribution in [0.1, 0.15) is 27.2 Å². The van der Waals surface area contributed by atoms with Crippen molar-refractivity contribution in [2.24, 2.45) is 17.6 Å². The Hall–Kier alpha value is -0.610. The van der Waals surface area contributed by atoms with Crippen molar-refractivity contribution in [1.29, 1.82) is 0 Å². The van der Waals surface area contributed by atoms with E-state index >= 15 is 0 Å². The molecule has 1 rings (SSSR count). The van der Waals surface area contributed by atoms with Crippen LogP contribution in [-0.2, 0) is 4.79 Å². The zero-order valence-electron chi connectivity index (χ0n) is 9.81. The van der Waals surface area contributed by atoms with Gasteiger partial charge in [-0.15, -0.1) is 0 Å². The molecule has 88 valence electrons. The highest BCUT2D eigenvalue weighted by Crippen LogP contribution is 2.24. The van der Waals surface area contributed by atoms with Gasteiger partial charge in [-0.2, -0.15) is 0 Å². The first-order valence-electron chi connectivity index (χ1n) is 5.66. The van der Waals surface area contributed by atoms with Crippen molar-refractivity contribution in [3.63, 3.8) is 0 Å². The van der Waals surface area contributed by atoms with Crippen molar-refractivity contribution in [3.8, 4) is 0 Å². The van der Waals surface area contributed by atoms with Gasteiger partial charge in [0, 0.05) is 6.54 Å². The number of carbonyl (C=O) groups is 1. The Morgan fingerprint density at radius 3 is 2.67 bits per heavy atom. The molecule has 0 aromatic rings. The van der Waals surface area contributed by atoms with Crippen LogP contribution in [0.25, 0.3) is 0 Å². The summed E-state index contributed by atoms with van der Waals surface area (Å²) in [6.07, 6.45) is 0.960. The minimum absolute atomic E-state index is 0.0200. The number of amides is 1. The van der Waals surface area contributed by atoms with Gasteiger partial charge in [0.2, 0.25) is 5.91 Å². The summed E-state index contributed by atoms with van der Waals surface area (Å²) in [4.78, 5) is 13.7. The Balaban J connectivity index is 2.67. The molecule has 3 atom stereocenters.